The minimum Gasteiger partial charge on any atom is -0.378 e. The Labute approximate surface area is 74.3 Å². The van der Waals surface area contributed by atoms with Crippen molar-refractivity contribution in [1.29, 1.82) is 0 Å². The first-order valence-electron chi connectivity index (χ1n) is 4.84. The Hall–Kier alpha value is -0.370. The van der Waals surface area contributed by atoms with E-state index in [1.165, 1.54) is 6.42 Å². The van der Waals surface area contributed by atoms with Crippen molar-refractivity contribution in [3.05, 3.63) is 0 Å². The molecule has 0 aromatic heterocycles. The third-order valence-electron chi connectivity index (χ3n) is 2.35. The van der Waals surface area contributed by atoms with E-state index in [9.17, 15) is 4.79 Å². The standard InChI is InChI=1S/C10H18O2/c1-8(2)10(11)7-9-5-3-4-6-12-9/h8-9H,3-7H2,1-2H3. The quantitative estimate of drug-likeness (QED) is 0.649. The second-order valence-electron chi connectivity index (χ2n) is 3.81. The van der Waals surface area contributed by atoms with E-state index in [0.717, 1.165) is 19.4 Å². The lowest BCUT2D eigenvalue weighted by molar-refractivity contribution is -0.125. The molecule has 0 spiro atoms. The minimum absolute atomic E-state index is 0.163. The van der Waals surface area contributed by atoms with Gasteiger partial charge in [-0.05, 0) is 19.3 Å². The molecule has 2 nitrogen and oxygen atoms in total. The monoisotopic (exact) mass is 170 g/mol. The van der Waals surface area contributed by atoms with Crippen LogP contribution >= 0.6 is 0 Å². The van der Waals surface area contributed by atoms with Crippen molar-refractivity contribution in [2.24, 2.45) is 5.92 Å². The maximum Gasteiger partial charge on any atom is 0.138 e. The van der Waals surface area contributed by atoms with E-state index in [1.54, 1.807) is 0 Å². The zero-order chi connectivity index (χ0) is 8.97. The number of ether oxygens (including phenoxy) is 1. The lowest BCUT2D eigenvalue weighted by Gasteiger charge is -2.22. The molecule has 1 unspecified atom stereocenters. The molecule has 0 aliphatic carbocycles. The summed E-state index contributed by atoms with van der Waals surface area (Å²) in [5.74, 6) is 0.498. The van der Waals surface area contributed by atoms with Gasteiger partial charge in [-0.1, -0.05) is 13.8 Å². The van der Waals surface area contributed by atoms with Crippen LogP contribution in [0.25, 0.3) is 0 Å². The molecule has 0 aromatic rings. The van der Waals surface area contributed by atoms with E-state index in [1.807, 2.05) is 13.8 Å². The fraction of sp³-hybridized carbons (Fsp3) is 0.900. The van der Waals surface area contributed by atoms with Gasteiger partial charge in [0, 0.05) is 18.9 Å². The van der Waals surface area contributed by atoms with Gasteiger partial charge in [-0.2, -0.15) is 0 Å². The highest BCUT2D eigenvalue weighted by Gasteiger charge is 2.18. The van der Waals surface area contributed by atoms with E-state index < -0.39 is 0 Å². The van der Waals surface area contributed by atoms with Crippen molar-refractivity contribution < 1.29 is 9.53 Å². The average molecular weight is 170 g/mol. The fourth-order valence-corrected chi connectivity index (χ4v) is 1.43. The van der Waals surface area contributed by atoms with Gasteiger partial charge in [0.2, 0.25) is 0 Å². The Kier molecular flexibility index (Phi) is 3.73. The Morgan fingerprint density at radius 3 is 2.75 bits per heavy atom. The van der Waals surface area contributed by atoms with Gasteiger partial charge in [0.1, 0.15) is 5.78 Å². The number of hydrogen-bond acceptors (Lipinski definition) is 2. The smallest absolute Gasteiger partial charge is 0.138 e. The predicted molar refractivity (Wildman–Crippen MR) is 48.1 cm³/mol. The zero-order valence-electron chi connectivity index (χ0n) is 8.01. The first-order chi connectivity index (χ1) is 5.70. The van der Waals surface area contributed by atoms with E-state index >= 15 is 0 Å². The van der Waals surface area contributed by atoms with Gasteiger partial charge in [0.05, 0.1) is 6.10 Å². The normalized spacial score (nSPS) is 24.4. The summed E-state index contributed by atoms with van der Waals surface area (Å²) in [4.78, 5) is 11.3. The van der Waals surface area contributed by atoms with E-state index in [-0.39, 0.29) is 12.0 Å². The minimum atomic E-state index is 0.163. The molecule has 12 heavy (non-hydrogen) atoms. The third-order valence-corrected chi connectivity index (χ3v) is 2.35. The molecule has 2 heteroatoms. The summed E-state index contributed by atoms with van der Waals surface area (Å²) in [7, 11) is 0. The number of carbonyl (C=O) groups excluding carboxylic acids is 1. The van der Waals surface area contributed by atoms with Crippen LogP contribution in [0.15, 0.2) is 0 Å². The van der Waals surface area contributed by atoms with Crippen molar-refractivity contribution in [2.45, 2.75) is 45.6 Å². The van der Waals surface area contributed by atoms with Crippen LogP contribution in [0.1, 0.15) is 39.5 Å². The fourth-order valence-electron chi connectivity index (χ4n) is 1.43. The van der Waals surface area contributed by atoms with Crippen LogP contribution < -0.4 is 0 Å². The number of carbonyl (C=O) groups is 1. The van der Waals surface area contributed by atoms with Gasteiger partial charge in [0.25, 0.3) is 0 Å². The molecule has 1 saturated heterocycles. The number of Topliss-reactive ketones (excluding diaryl/α,β-unsaturated/α-hetero) is 1. The van der Waals surface area contributed by atoms with Crippen LogP contribution in [0.4, 0.5) is 0 Å². The lowest BCUT2D eigenvalue weighted by atomic mass is 9.99. The molecular weight excluding hydrogens is 152 g/mol. The lowest BCUT2D eigenvalue weighted by Crippen LogP contribution is -2.24. The molecule has 0 radical (unpaired) electrons. The molecule has 0 amide bonds. The summed E-state index contributed by atoms with van der Waals surface area (Å²) >= 11 is 0. The second-order valence-corrected chi connectivity index (χ2v) is 3.81. The zero-order valence-corrected chi connectivity index (χ0v) is 8.01. The van der Waals surface area contributed by atoms with E-state index in [4.69, 9.17) is 4.74 Å². The average Bonchev–Trinajstić information content (AvgIpc) is 2.06. The molecule has 1 atom stereocenters. The Morgan fingerprint density at radius 2 is 2.25 bits per heavy atom. The molecule has 0 bridgehead atoms. The highest BCUT2D eigenvalue weighted by molar-refractivity contribution is 5.80. The maximum atomic E-state index is 11.3. The highest BCUT2D eigenvalue weighted by Crippen LogP contribution is 2.17. The molecular formula is C10H18O2. The van der Waals surface area contributed by atoms with Crippen LogP contribution in [0.5, 0.6) is 0 Å². The van der Waals surface area contributed by atoms with Crippen molar-refractivity contribution in [3.63, 3.8) is 0 Å². The molecule has 1 fully saturated rings. The van der Waals surface area contributed by atoms with Gasteiger partial charge >= 0.3 is 0 Å². The molecule has 1 aliphatic rings. The number of hydrogen-bond donors (Lipinski definition) is 0. The summed E-state index contributed by atoms with van der Waals surface area (Å²) in [5.41, 5.74) is 0. The van der Waals surface area contributed by atoms with Crippen LogP contribution in [-0.4, -0.2) is 18.5 Å². The molecule has 1 aliphatic heterocycles. The Morgan fingerprint density at radius 1 is 1.50 bits per heavy atom. The summed E-state index contributed by atoms with van der Waals surface area (Å²) < 4.78 is 5.48. The van der Waals surface area contributed by atoms with Crippen LogP contribution in [0.3, 0.4) is 0 Å². The van der Waals surface area contributed by atoms with Crippen molar-refractivity contribution in [2.75, 3.05) is 6.61 Å². The summed E-state index contributed by atoms with van der Waals surface area (Å²) in [6.45, 7) is 4.74. The summed E-state index contributed by atoms with van der Waals surface area (Å²) in [6, 6.07) is 0. The Balaban J connectivity index is 2.24. The first kappa shape index (κ1) is 9.72. The van der Waals surface area contributed by atoms with Gasteiger partial charge in [-0.25, -0.2) is 0 Å². The van der Waals surface area contributed by atoms with Crippen LogP contribution in [0.2, 0.25) is 0 Å². The van der Waals surface area contributed by atoms with Gasteiger partial charge in [0.15, 0.2) is 0 Å². The number of rotatable bonds is 3. The first-order valence-corrected chi connectivity index (χ1v) is 4.84. The van der Waals surface area contributed by atoms with Crippen molar-refractivity contribution >= 4 is 5.78 Å². The second kappa shape index (κ2) is 4.61. The van der Waals surface area contributed by atoms with Crippen molar-refractivity contribution in [1.82, 2.24) is 0 Å². The summed E-state index contributed by atoms with van der Waals surface area (Å²) in [5, 5.41) is 0. The van der Waals surface area contributed by atoms with Crippen LogP contribution in [0, 0.1) is 5.92 Å². The molecule has 70 valence electrons. The van der Waals surface area contributed by atoms with E-state index in [2.05, 4.69) is 0 Å². The SMILES string of the molecule is CC(C)C(=O)CC1CCCCO1. The molecule has 1 heterocycles. The number of ketones is 1. The van der Waals surface area contributed by atoms with E-state index in [0.29, 0.717) is 12.2 Å². The largest absolute Gasteiger partial charge is 0.378 e. The molecule has 1 rings (SSSR count). The molecule has 0 aromatic carbocycles. The summed E-state index contributed by atoms with van der Waals surface area (Å²) in [6.07, 6.45) is 4.28. The van der Waals surface area contributed by atoms with Gasteiger partial charge in [-0.3, -0.25) is 4.79 Å². The third kappa shape index (κ3) is 2.94. The van der Waals surface area contributed by atoms with Gasteiger partial charge < -0.3 is 4.74 Å². The molecule has 0 saturated carbocycles. The Bertz CT molecular complexity index is 146. The maximum absolute atomic E-state index is 11.3. The van der Waals surface area contributed by atoms with Crippen molar-refractivity contribution in [3.8, 4) is 0 Å². The highest BCUT2D eigenvalue weighted by atomic mass is 16.5. The molecule has 0 N–H and O–H groups in total. The van der Waals surface area contributed by atoms with Gasteiger partial charge in [-0.15, -0.1) is 0 Å². The van der Waals surface area contributed by atoms with Crippen LogP contribution in [-0.2, 0) is 9.53 Å². The predicted octanol–water partition coefficient (Wildman–Crippen LogP) is 2.17. The topological polar surface area (TPSA) is 26.3 Å².